The van der Waals surface area contributed by atoms with E-state index in [1.807, 2.05) is 17.0 Å². The van der Waals surface area contributed by atoms with Crippen LogP contribution in [0.2, 0.25) is 0 Å². The Kier molecular flexibility index (Phi) is 5.90. The zero-order valence-corrected chi connectivity index (χ0v) is 19.7. The molecule has 0 N–H and O–H groups in total. The average molecular weight is 477 g/mol. The summed E-state index contributed by atoms with van der Waals surface area (Å²) in [6.45, 7) is 4.88. The van der Waals surface area contributed by atoms with Crippen LogP contribution in [0.25, 0.3) is 11.4 Å². The molecule has 7 nitrogen and oxygen atoms in total. The highest BCUT2D eigenvalue weighted by molar-refractivity contribution is 5.94. The number of benzene rings is 2. The highest BCUT2D eigenvalue weighted by Gasteiger charge is 2.29. The summed E-state index contributed by atoms with van der Waals surface area (Å²) in [7, 11) is 0. The van der Waals surface area contributed by atoms with Crippen LogP contribution in [0.1, 0.15) is 41.0 Å². The van der Waals surface area contributed by atoms with Gasteiger partial charge in [0, 0.05) is 44.8 Å². The van der Waals surface area contributed by atoms with Crippen molar-refractivity contribution in [2.24, 2.45) is 0 Å². The van der Waals surface area contributed by atoms with E-state index in [0.29, 0.717) is 18.8 Å². The van der Waals surface area contributed by atoms with Crippen molar-refractivity contribution in [1.82, 2.24) is 19.4 Å². The van der Waals surface area contributed by atoms with E-state index in [-0.39, 0.29) is 18.5 Å². The van der Waals surface area contributed by atoms with Crippen molar-refractivity contribution in [3.05, 3.63) is 65.2 Å². The van der Waals surface area contributed by atoms with Gasteiger partial charge in [-0.1, -0.05) is 12.5 Å². The third kappa shape index (κ3) is 4.38. The Bertz CT molecular complexity index is 1230. The van der Waals surface area contributed by atoms with Crippen molar-refractivity contribution in [2.45, 2.75) is 38.8 Å². The van der Waals surface area contributed by atoms with Gasteiger partial charge in [0.05, 0.1) is 5.69 Å². The quantitative estimate of drug-likeness (QED) is 0.568. The Hall–Kier alpha value is -3.39. The van der Waals surface area contributed by atoms with E-state index in [0.717, 1.165) is 80.4 Å². The number of nitrogens with zero attached hydrogens (tertiary/aromatic N) is 4. The molecule has 0 radical (unpaired) electrons. The molecule has 0 unspecified atom stereocenters. The number of carbonyl (C=O) groups is 1. The lowest BCUT2D eigenvalue weighted by molar-refractivity contribution is 0.0622. The number of carbonyl (C=O) groups excluding carboxylic acids is 1. The summed E-state index contributed by atoms with van der Waals surface area (Å²) in [4.78, 5) is 22.7. The summed E-state index contributed by atoms with van der Waals surface area (Å²) in [6.07, 6.45) is 4.10. The molecule has 8 heteroatoms. The van der Waals surface area contributed by atoms with Crippen LogP contribution in [-0.2, 0) is 19.5 Å². The van der Waals surface area contributed by atoms with E-state index in [1.165, 1.54) is 17.7 Å². The zero-order chi connectivity index (χ0) is 23.8. The molecular formula is C27H29FN4O3. The van der Waals surface area contributed by atoms with E-state index in [4.69, 9.17) is 14.5 Å². The van der Waals surface area contributed by atoms with E-state index >= 15 is 0 Å². The van der Waals surface area contributed by atoms with Gasteiger partial charge < -0.3 is 18.9 Å². The number of halogens is 1. The Morgan fingerprint density at radius 3 is 2.54 bits per heavy atom. The Morgan fingerprint density at radius 1 is 0.914 bits per heavy atom. The van der Waals surface area contributed by atoms with Gasteiger partial charge >= 0.3 is 0 Å². The smallest absolute Gasteiger partial charge is 0.274 e. The first-order valence-corrected chi connectivity index (χ1v) is 12.4. The van der Waals surface area contributed by atoms with Crippen LogP contribution in [0.4, 0.5) is 4.39 Å². The number of aromatic nitrogens is 2. The highest BCUT2D eigenvalue weighted by Crippen LogP contribution is 2.33. The number of hydrogen-bond acceptors (Lipinski definition) is 5. The van der Waals surface area contributed by atoms with Crippen LogP contribution in [0, 0.1) is 5.82 Å². The molecule has 182 valence electrons. The van der Waals surface area contributed by atoms with Gasteiger partial charge in [0.15, 0.2) is 11.5 Å². The van der Waals surface area contributed by atoms with Gasteiger partial charge in [0.2, 0.25) is 6.79 Å². The Morgan fingerprint density at radius 2 is 1.71 bits per heavy atom. The molecule has 3 aliphatic rings. The number of hydrogen-bond donors (Lipinski definition) is 0. The van der Waals surface area contributed by atoms with Crippen LogP contribution >= 0.6 is 0 Å². The summed E-state index contributed by atoms with van der Waals surface area (Å²) < 4.78 is 26.6. The summed E-state index contributed by atoms with van der Waals surface area (Å²) in [5.41, 5.74) is 3.62. The van der Waals surface area contributed by atoms with Gasteiger partial charge in [-0.3, -0.25) is 9.69 Å². The third-order valence-electron chi connectivity index (χ3n) is 7.18. The van der Waals surface area contributed by atoms with Gasteiger partial charge in [0.1, 0.15) is 17.3 Å². The highest BCUT2D eigenvalue weighted by atomic mass is 19.1. The van der Waals surface area contributed by atoms with Gasteiger partial charge in [0.25, 0.3) is 5.91 Å². The minimum atomic E-state index is -0.272. The van der Waals surface area contributed by atoms with Crippen LogP contribution in [-0.4, -0.2) is 58.2 Å². The minimum absolute atomic E-state index is 0.00624. The maximum atomic E-state index is 13.6. The van der Waals surface area contributed by atoms with Crippen molar-refractivity contribution in [2.75, 3.05) is 33.0 Å². The van der Waals surface area contributed by atoms with E-state index in [2.05, 4.69) is 15.5 Å². The first-order chi connectivity index (χ1) is 17.2. The molecule has 0 spiro atoms. The SMILES string of the molecule is O=C(c1nc(-c2ccc(F)cc2)n2c1CCCCC2)N1CCN(Cc2ccc3c(c2)OCO3)CC1. The first kappa shape index (κ1) is 22.1. The van der Waals surface area contributed by atoms with Crippen LogP contribution in [0.15, 0.2) is 42.5 Å². The van der Waals surface area contributed by atoms with Crippen molar-refractivity contribution < 1.29 is 18.7 Å². The van der Waals surface area contributed by atoms with Gasteiger partial charge in [-0.05, 0) is 61.2 Å². The first-order valence-electron chi connectivity index (χ1n) is 12.4. The molecule has 6 rings (SSSR count). The fourth-order valence-corrected chi connectivity index (χ4v) is 5.27. The van der Waals surface area contributed by atoms with E-state index in [9.17, 15) is 9.18 Å². The lowest BCUT2D eigenvalue weighted by Crippen LogP contribution is -2.48. The molecule has 0 saturated carbocycles. The maximum Gasteiger partial charge on any atom is 0.274 e. The number of rotatable bonds is 4. The molecule has 1 amide bonds. The summed E-state index contributed by atoms with van der Waals surface area (Å²) in [5.74, 6) is 2.10. The molecule has 1 fully saturated rings. The van der Waals surface area contributed by atoms with Crippen molar-refractivity contribution in [1.29, 1.82) is 0 Å². The van der Waals surface area contributed by atoms with Crippen molar-refractivity contribution in [3.63, 3.8) is 0 Å². The topological polar surface area (TPSA) is 59.8 Å². The molecule has 0 aliphatic carbocycles. The fraction of sp³-hybridized carbons (Fsp3) is 0.407. The zero-order valence-electron chi connectivity index (χ0n) is 19.7. The molecule has 2 aromatic carbocycles. The number of amides is 1. The molecule has 0 bridgehead atoms. The molecule has 35 heavy (non-hydrogen) atoms. The predicted octanol–water partition coefficient (Wildman–Crippen LogP) is 4.10. The monoisotopic (exact) mass is 476 g/mol. The lowest BCUT2D eigenvalue weighted by atomic mass is 10.1. The predicted molar refractivity (Wildman–Crippen MR) is 129 cm³/mol. The second kappa shape index (κ2) is 9.34. The number of piperazine rings is 1. The van der Waals surface area contributed by atoms with Gasteiger partial charge in [-0.2, -0.15) is 0 Å². The standard InChI is InChI=1S/C27H29FN4O3/c28-21-8-6-20(7-9-21)26-29-25(22-4-2-1-3-11-32(22)26)27(33)31-14-12-30(13-15-31)17-19-5-10-23-24(16-19)35-18-34-23/h5-10,16H,1-4,11-15,17-18H2. The van der Waals surface area contributed by atoms with Gasteiger partial charge in [-0.25, -0.2) is 9.37 Å². The molecule has 1 saturated heterocycles. The normalized spacial score (nSPS) is 17.8. The minimum Gasteiger partial charge on any atom is -0.454 e. The molecule has 3 aliphatic heterocycles. The summed E-state index contributed by atoms with van der Waals surface area (Å²) in [6, 6.07) is 12.5. The maximum absolute atomic E-state index is 13.6. The Balaban J connectivity index is 1.17. The number of fused-ring (bicyclic) bond motifs is 2. The lowest BCUT2D eigenvalue weighted by Gasteiger charge is -2.34. The van der Waals surface area contributed by atoms with Crippen molar-refractivity contribution in [3.8, 4) is 22.9 Å². The second-order valence-corrected chi connectivity index (χ2v) is 9.46. The van der Waals surface area contributed by atoms with Crippen LogP contribution in [0.5, 0.6) is 11.5 Å². The van der Waals surface area contributed by atoms with Crippen molar-refractivity contribution >= 4 is 5.91 Å². The summed E-state index contributed by atoms with van der Waals surface area (Å²) >= 11 is 0. The average Bonchev–Trinajstić information content (AvgIpc) is 3.41. The number of ether oxygens (including phenoxy) is 2. The summed E-state index contributed by atoms with van der Waals surface area (Å²) in [5, 5.41) is 0. The Labute approximate surface area is 204 Å². The number of imidazole rings is 1. The second-order valence-electron chi connectivity index (χ2n) is 9.46. The van der Waals surface area contributed by atoms with E-state index < -0.39 is 0 Å². The molecular weight excluding hydrogens is 447 g/mol. The largest absolute Gasteiger partial charge is 0.454 e. The van der Waals surface area contributed by atoms with Gasteiger partial charge in [-0.15, -0.1) is 0 Å². The fourth-order valence-electron chi connectivity index (χ4n) is 5.27. The molecule has 0 atom stereocenters. The van der Waals surface area contributed by atoms with E-state index in [1.54, 1.807) is 12.1 Å². The molecule has 3 aromatic rings. The van der Waals surface area contributed by atoms with Crippen LogP contribution in [0.3, 0.4) is 0 Å². The van der Waals surface area contributed by atoms with Crippen LogP contribution < -0.4 is 9.47 Å². The molecule has 1 aromatic heterocycles. The molecule has 4 heterocycles. The third-order valence-corrected chi connectivity index (χ3v) is 7.18.